The first-order valence-corrected chi connectivity index (χ1v) is 13.2. The van der Waals surface area contributed by atoms with Gasteiger partial charge in [-0.15, -0.1) is 0 Å². The van der Waals surface area contributed by atoms with E-state index in [4.69, 9.17) is 0 Å². The summed E-state index contributed by atoms with van der Waals surface area (Å²) in [6.07, 6.45) is 6.48. The number of para-hydroxylation sites is 2. The maximum Gasteiger partial charge on any atom is 0.204 e. The van der Waals surface area contributed by atoms with Crippen molar-refractivity contribution < 1.29 is 39.3 Å². The third-order valence-corrected chi connectivity index (χ3v) is 6.36. The van der Waals surface area contributed by atoms with Crippen molar-refractivity contribution in [3.8, 4) is 11.5 Å². The topological polar surface area (TPSA) is 100 Å². The van der Waals surface area contributed by atoms with Gasteiger partial charge >= 0.3 is 0 Å². The number of aromatic hydroxyl groups is 2. The van der Waals surface area contributed by atoms with Crippen molar-refractivity contribution in [1.82, 2.24) is 9.97 Å². The molecule has 0 saturated heterocycles. The number of fused-ring (bicyclic) bond motifs is 2. The van der Waals surface area contributed by atoms with E-state index >= 15 is 0 Å². The molecule has 0 spiro atoms. The van der Waals surface area contributed by atoms with Gasteiger partial charge in [0.25, 0.3) is 0 Å². The zero-order valence-corrected chi connectivity index (χ0v) is 26.1. The Morgan fingerprint density at radius 2 is 0.884 bits per heavy atom. The summed E-state index contributed by atoms with van der Waals surface area (Å²) in [7, 11) is 0. The fourth-order valence-corrected chi connectivity index (χ4v) is 4.18. The van der Waals surface area contributed by atoms with Gasteiger partial charge in [0.05, 0.1) is 0 Å². The maximum absolute atomic E-state index is 12.1. The molecule has 2 N–H and O–H groups in total. The zero-order valence-electron chi connectivity index (χ0n) is 23.2. The minimum Gasteiger partial charge on any atom is -0.506 e. The summed E-state index contributed by atoms with van der Waals surface area (Å²) >= 11 is 0. The summed E-state index contributed by atoms with van der Waals surface area (Å²) in [4.78, 5) is 32.8. The molecule has 0 fully saturated rings. The van der Waals surface area contributed by atoms with Crippen LogP contribution in [0.1, 0.15) is 32.1 Å². The Labute approximate surface area is 261 Å². The molecule has 0 aliphatic heterocycles. The minimum absolute atomic E-state index is 0. The van der Waals surface area contributed by atoms with Gasteiger partial charge in [0.2, 0.25) is 11.6 Å². The number of rotatable bonds is 6. The Morgan fingerprint density at radius 1 is 0.488 bits per heavy atom. The molecule has 4 aromatic carbocycles. The maximum atomic E-state index is 12.1. The summed E-state index contributed by atoms with van der Waals surface area (Å²) in [5, 5.41) is 21.2. The Bertz CT molecular complexity index is 1800. The van der Waals surface area contributed by atoms with E-state index in [1.807, 2.05) is 72.8 Å². The number of aromatic nitrogens is 2. The van der Waals surface area contributed by atoms with Crippen molar-refractivity contribution in [3.05, 3.63) is 156 Å². The number of carbonyl (C=O) groups is 2. The van der Waals surface area contributed by atoms with Crippen LogP contribution in [0.15, 0.2) is 133 Å². The number of phenols is 2. The van der Waals surface area contributed by atoms with Crippen molar-refractivity contribution in [2.75, 3.05) is 0 Å². The second-order valence-electron chi connectivity index (χ2n) is 9.31. The number of ketones is 2. The zero-order chi connectivity index (χ0) is 29.3. The molecule has 0 bridgehead atoms. The SMILES string of the molecule is O=C(/C=C/c1ccccc1)c1ccc2cccc(O)c2n1.O=C(/C=C/c1ccccc1)c1ccc2cccc(O)c2n1.[Zn]. The number of benzene rings is 4. The molecule has 0 unspecified atom stereocenters. The Hall–Kier alpha value is -5.26. The van der Waals surface area contributed by atoms with Gasteiger partial charge in [0.15, 0.2) is 0 Å². The number of phenolic OH excluding ortho intramolecular Hbond substituents is 2. The Kier molecular flexibility index (Phi) is 10.4. The van der Waals surface area contributed by atoms with E-state index in [9.17, 15) is 19.8 Å². The van der Waals surface area contributed by atoms with E-state index in [-0.39, 0.29) is 42.5 Å². The van der Waals surface area contributed by atoms with E-state index in [2.05, 4.69) is 9.97 Å². The number of hydrogen-bond acceptors (Lipinski definition) is 6. The van der Waals surface area contributed by atoms with Crippen LogP contribution >= 0.6 is 0 Å². The van der Waals surface area contributed by atoms with Crippen molar-refractivity contribution in [3.63, 3.8) is 0 Å². The third-order valence-electron chi connectivity index (χ3n) is 6.36. The molecular formula is C36H26N2O4Zn. The fourth-order valence-electron chi connectivity index (χ4n) is 4.18. The molecule has 6 rings (SSSR count). The third kappa shape index (κ3) is 7.94. The summed E-state index contributed by atoms with van der Waals surface area (Å²) in [5.74, 6) is -0.226. The number of nitrogens with zero attached hydrogens (tertiary/aromatic N) is 2. The fraction of sp³-hybridized carbons (Fsp3) is 0. The van der Waals surface area contributed by atoms with E-state index in [0.29, 0.717) is 22.4 Å². The standard InChI is InChI=1S/2C18H13NO2.Zn/c2*20-16(12-9-13-5-2-1-3-6-13)15-11-10-14-7-4-8-17(21)18(14)19-15;/h2*1-12,21H;/b2*12-9+;. The molecule has 0 saturated carbocycles. The Morgan fingerprint density at radius 3 is 1.28 bits per heavy atom. The van der Waals surface area contributed by atoms with Crippen LogP contribution < -0.4 is 0 Å². The molecule has 6 nitrogen and oxygen atoms in total. The number of allylic oxidation sites excluding steroid dienone is 2. The number of carbonyl (C=O) groups excluding carboxylic acids is 2. The summed E-state index contributed by atoms with van der Waals surface area (Å²) in [6.45, 7) is 0. The van der Waals surface area contributed by atoms with E-state index in [0.717, 1.165) is 21.9 Å². The predicted octanol–water partition coefficient (Wildman–Crippen LogP) is 7.67. The second-order valence-corrected chi connectivity index (χ2v) is 9.31. The predicted molar refractivity (Wildman–Crippen MR) is 166 cm³/mol. The molecular weight excluding hydrogens is 590 g/mol. The van der Waals surface area contributed by atoms with E-state index in [1.165, 1.54) is 12.2 Å². The quantitative estimate of drug-likeness (QED) is 0.113. The smallest absolute Gasteiger partial charge is 0.204 e. The van der Waals surface area contributed by atoms with Crippen LogP contribution in [-0.4, -0.2) is 31.7 Å². The van der Waals surface area contributed by atoms with Crippen LogP contribution in [0.4, 0.5) is 0 Å². The molecule has 0 radical (unpaired) electrons. The second kappa shape index (κ2) is 14.6. The van der Waals surface area contributed by atoms with Gasteiger partial charge in [0.1, 0.15) is 33.9 Å². The first kappa shape index (κ1) is 30.7. The van der Waals surface area contributed by atoms with Gasteiger partial charge in [0, 0.05) is 30.3 Å². The first-order chi connectivity index (χ1) is 20.5. The average Bonchev–Trinajstić information content (AvgIpc) is 3.04. The molecule has 0 aliphatic rings. The van der Waals surface area contributed by atoms with Crippen LogP contribution in [0, 0.1) is 0 Å². The van der Waals surface area contributed by atoms with Crippen molar-refractivity contribution in [2.45, 2.75) is 0 Å². The number of hydrogen-bond donors (Lipinski definition) is 2. The van der Waals surface area contributed by atoms with Crippen molar-refractivity contribution in [1.29, 1.82) is 0 Å². The Balaban J connectivity index is 0.000000192. The van der Waals surface area contributed by atoms with E-state index in [1.54, 1.807) is 60.7 Å². The minimum atomic E-state index is -0.191. The molecule has 206 valence electrons. The average molecular weight is 616 g/mol. The van der Waals surface area contributed by atoms with Gasteiger partial charge < -0.3 is 10.2 Å². The van der Waals surface area contributed by atoms with Crippen LogP contribution in [0.3, 0.4) is 0 Å². The molecule has 2 aromatic heterocycles. The molecule has 0 atom stereocenters. The van der Waals surface area contributed by atoms with Gasteiger partial charge in [-0.05, 0) is 47.5 Å². The van der Waals surface area contributed by atoms with E-state index < -0.39 is 0 Å². The molecule has 0 amide bonds. The molecule has 0 aliphatic carbocycles. The largest absolute Gasteiger partial charge is 0.506 e. The first-order valence-electron chi connectivity index (χ1n) is 13.2. The molecule has 7 heteroatoms. The van der Waals surface area contributed by atoms with Crippen LogP contribution in [-0.2, 0) is 19.5 Å². The summed E-state index contributed by atoms with van der Waals surface area (Å²) in [5.41, 5.74) is 3.42. The molecule has 43 heavy (non-hydrogen) atoms. The van der Waals surface area contributed by atoms with Gasteiger partial charge in [-0.3, -0.25) is 9.59 Å². The van der Waals surface area contributed by atoms with Crippen molar-refractivity contribution >= 4 is 45.5 Å². The van der Waals surface area contributed by atoms with Gasteiger partial charge in [-0.25, -0.2) is 9.97 Å². The van der Waals surface area contributed by atoms with Crippen LogP contribution in [0.25, 0.3) is 34.0 Å². The van der Waals surface area contributed by atoms with Crippen molar-refractivity contribution in [2.24, 2.45) is 0 Å². The molecule has 6 aromatic rings. The summed E-state index contributed by atoms with van der Waals surface area (Å²) in [6, 6.07) is 36.4. The van der Waals surface area contributed by atoms with Gasteiger partial charge in [-0.1, -0.05) is 109 Å². The monoisotopic (exact) mass is 614 g/mol. The van der Waals surface area contributed by atoms with Crippen LogP contribution in [0.5, 0.6) is 11.5 Å². The summed E-state index contributed by atoms with van der Waals surface area (Å²) < 4.78 is 0. The molecule has 2 heterocycles. The number of pyridine rings is 2. The van der Waals surface area contributed by atoms with Gasteiger partial charge in [-0.2, -0.15) is 0 Å². The van der Waals surface area contributed by atoms with Crippen LogP contribution in [0.2, 0.25) is 0 Å². The normalized spacial score (nSPS) is 10.8.